The fraction of sp³-hybridized carbons (Fsp3) is 0.769. The van der Waals surface area contributed by atoms with Crippen LogP contribution in [-0.2, 0) is 13.5 Å². The summed E-state index contributed by atoms with van der Waals surface area (Å²) in [7, 11) is 4.06. The fourth-order valence-corrected chi connectivity index (χ4v) is 3.27. The molecule has 0 aromatic carbocycles. The molecule has 3 aliphatic rings. The van der Waals surface area contributed by atoms with Crippen LogP contribution in [0.25, 0.3) is 0 Å². The number of rotatable bonds is 4. The molecule has 0 saturated carbocycles. The second-order valence-electron chi connectivity index (χ2n) is 5.48. The van der Waals surface area contributed by atoms with Gasteiger partial charge in [-0.25, -0.2) is 0 Å². The van der Waals surface area contributed by atoms with Crippen molar-refractivity contribution >= 4 is 0 Å². The van der Waals surface area contributed by atoms with E-state index >= 15 is 0 Å². The molecule has 0 aliphatic carbocycles. The second-order valence-corrected chi connectivity index (χ2v) is 5.48. The van der Waals surface area contributed by atoms with Crippen molar-refractivity contribution < 1.29 is 0 Å². The normalized spacial score (nSPS) is 32.7. The number of hydrogen-bond donors (Lipinski definition) is 1. The molecule has 100 valence electrons. The Kier molecular flexibility index (Phi) is 3.37. The van der Waals surface area contributed by atoms with Gasteiger partial charge in [0.15, 0.2) is 0 Å². The molecule has 1 aromatic heterocycles. The van der Waals surface area contributed by atoms with E-state index in [1.54, 1.807) is 0 Å². The van der Waals surface area contributed by atoms with Gasteiger partial charge in [0.25, 0.3) is 0 Å². The number of nitrogens with zero attached hydrogens (tertiary/aromatic N) is 4. The van der Waals surface area contributed by atoms with Crippen molar-refractivity contribution in [2.75, 3.05) is 39.8 Å². The third kappa shape index (κ3) is 2.30. The molecule has 3 aliphatic heterocycles. The van der Waals surface area contributed by atoms with Gasteiger partial charge in [-0.05, 0) is 13.1 Å². The van der Waals surface area contributed by atoms with Crippen LogP contribution in [0.2, 0.25) is 0 Å². The van der Waals surface area contributed by atoms with Crippen LogP contribution in [0.3, 0.4) is 0 Å². The van der Waals surface area contributed by atoms with Crippen molar-refractivity contribution in [1.82, 2.24) is 24.9 Å². The molecule has 5 nitrogen and oxygen atoms in total. The molecule has 0 amide bonds. The van der Waals surface area contributed by atoms with Crippen molar-refractivity contribution in [3.8, 4) is 0 Å². The first-order valence-corrected chi connectivity index (χ1v) is 6.88. The summed E-state index contributed by atoms with van der Waals surface area (Å²) in [4.78, 5) is 5.23. The Morgan fingerprint density at radius 1 is 1.39 bits per heavy atom. The Hall–Kier alpha value is -0.910. The van der Waals surface area contributed by atoms with Crippen molar-refractivity contribution in [2.45, 2.75) is 18.5 Å². The summed E-state index contributed by atoms with van der Waals surface area (Å²) in [5.41, 5.74) is 1.19. The summed E-state index contributed by atoms with van der Waals surface area (Å²) in [5.74, 6) is 0. The van der Waals surface area contributed by atoms with E-state index in [1.165, 1.54) is 38.4 Å². The summed E-state index contributed by atoms with van der Waals surface area (Å²) in [6, 6.07) is 3.27. The highest BCUT2D eigenvalue weighted by Gasteiger charge is 2.36. The summed E-state index contributed by atoms with van der Waals surface area (Å²) in [6.07, 6.45) is 3.05. The molecule has 0 spiro atoms. The number of likely N-dealkylation sites (N-methyl/N-ethyl adjacent to an activating group) is 1. The Morgan fingerprint density at radius 3 is 2.67 bits per heavy atom. The molecular formula is C13H23N5. The zero-order valence-electron chi connectivity index (χ0n) is 11.3. The van der Waals surface area contributed by atoms with E-state index in [9.17, 15) is 0 Å². The van der Waals surface area contributed by atoms with Crippen LogP contribution in [0, 0.1) is 0 Å². The number of hydrogen-bond acceptors (Lipinski definition) is 4. The van der Waals surface area contributed by atoms with Crippen molar-refractivity contribution in [2.24, 2.45) is 7.05 Å². The molecule has 0 radical (unpaired) electrons. The van der Waals surface area contributed by atoms with Crippen LogP contribution in [0.4, 0.5) is 0 Å². The maximum absolute atomic E-state index is 4.50. The van der Waals surface area contributed by atoms with Gasteiger partial charge in [-0.2, -0.15) is 5.10 Å². The number of aromatic nitrogens is 2. The lowest BCUT2D eigenvalue weighted by atomic mass is 9.96. The predicted octanol–water partition coefficient (Wildman–Crippen LogP) is -0.450. The van der Waals surface area contributed by atoms with Gasteiger partial charge >= 0.3 is 0 Å². The minimum absolute atomic E-state index is 0.503. The molecule has 2 atom stereocenters. The van der Waals surface area contributed by atoms with Crippen molar-refractivity contribution in [3.63, 3.8) is 0 Å². The Balaban J connectivity index is 1.68. The fourth-order valence-electron chi connectivity index (χ4n) is 3.27. The maximum atomic E-state index is 4.50. The van der Waals surface area contributed by atoms with E-state index < -0.39 is 0 Å². The first-order chi connectivity index (χ1) is 8.76. The van der Waals surface area contributed by atoms with E-state index in [2.05, 4.69) is 33.3 Å². The third-order valence-electron chi connectivity index (χ3n) is 4.35. The number of nitrogens with one attached hydrogen (secondary N) is 1. The lowest BCUT2D eigenvalue weighted by Crippen LogP contribution is -2.66. The van der Waals surface area contributed by atoms with Gasteiger partial charge < -0.3 is 5.32 Å². The van der Waals surface area contributed by atoms with Gasteiger partial charge in [0, 0.05) is 64.5 Å². The maximum Gasteiger partial charge on any atom is 0.0640 e. The molecule has 2 unspecified atom stereocenters. The van der Waals surface area contributed by atoms with Crippen molar-refractivity contribution in [3.05, 3.63) is 18.0 Å². The Morgan fingerprint density at radius 2 is 2.17 bits per heavy atom. The number of aryl methyl sites for hydroxylation is 1. The second kappa shape index (κ2) is 4.99. The molecular weight excluding hydrogens is 226 g/mol. The highest BCUT2D eigenvalue weighted by Crippen LogP contribution is 2.19. The standard InChI is InChI=1S/C13H23N5/c1-14-12(9-11-3-4-16(2)15-11)13-10-17-5-7-18(13)8-6-17/h3-4,12-14H,5-10H2,1-2H3. The van der Waals surface area contributed by atoms with Crippen LogP contribution in [0.15, 0.2) is 12.3 Å². The lowest BCUT2D eigenvalue weighted by molar-refractivity contribution is -0.00216. The van der Waals surface area contributed by atoms with Gasteiger partial charge in [-0.1, -0.05) is 0 Å². The molecule has 3 saturated heterocycles. The number of piperazine rings is 3. The SMILES string of the molecule is CNC(Cc1ccn(C)n1)C1CN2CCN1CC2. The zero-order valence-corrected chi connectivity index (χ0v) is 11.3. The van der Waals surface area contributed by atoms with Gasteiger partial charge in [-0.15, -0.1) is 0 Å². The minimum atomic E-state index is 0.503. The van der Waals surface area contributed by atoms with Crippen LogP contribution >= 0.6 is 0 Å². The largest absolute Gasteiger partial charge is 0.315 e. The monoisotopic (exact) mass is 249 g/mol. The van der Waals surface area contributed by atoms with Crippen molar-refractivity contribution in [1.29, 1.82) is 0 Å². The van der Waals surface area contributed by atoms with E-state index in [0.717, 1.165) is 6.42 Å². The van der Waals surface area contributed by atoms with Gasteiger partial charge in [0.05, 0.1) is 5.69 Å². The predicted molar refractivity (Wildman–Crippen MR) is 71.6 cm³/mol. The summed E-state index contributed by atoms with van der Waals surface area (Å²) in [6.45, 7) is 6.15. The minimum Gasteiger partial charge on any atom is -0.315 e. The quantitative estimate of drug-likeness (QED) is 0.784. The molecule has 18 heavy (non-hydrogen) atoms. The molecule has 5 heteroatoms. The molecule has 1 N–H and O–H groups in total. The lowest BCUT2D eigenvalue weighted by Gasteiger charge is -2.50. The van der Waals surface area contributed by atoms with E-state index in [1.807, 2.05) is 17.9 Å². The average Bonchev–Trinajstić information content (AvgIpc) is 2.83. The van der Waals surface area contributed by atoms with Crippen LogP contribution < -0.4 is 5.32 Å². The van der Waals surface area contributed by atoms with E-state index in [0.29, 0.717) is 12.1 Å². The van der Waals surface area contributed by atoms with Crippen LogP contribution in [0.5, 0.6) is 0 Å². The topological polar surface area (TPSA) is 36.3 Å². The van der Waals surface area contributed by atoms with Gasteiger partial charge in [-0.3, -0.25) is 14.5 Å². The Labute approximate surface area is 109 Å². The molecule has 4 rings (SSSR count). The summed E-state index contributed by atoms with van der Waals surface area (Å²) in [5, 5.41) is 8.00. The first-order valence-electron chi connectivity index (χ1n) is 6.88. The molecule has 3 fully saturated rings. The number of fused-ring (bicyclic) bond motifs is 3. The van der Waals surface area contributed by atoms with Gasteiger partial charge in [0.2, 0.25) is 0 Å². The smallest absolute Gasteiger partial charge is 0.0640 e. The summed E-state index contributed by atoms with van der Waals surface area (Å²) < 4.78 is 1.89. The highest BCUT2D eigenvalue weighted by molar-refractivity contribution is 5.05. The van der Waals surface area contributed by atoms with Crippen LogP contribution in [0.1, 0.15) is 5.69 Å². The third-order valence-corrected chi connectivity index (χ3v) is 4.35. The summed E-state index contributed by atoms with van der Waals surface area (Å²) >= 11 is 0. The van der Waals surface area contributed by atoms with Gasteiger partial charge in [0.1, 0.15) is 0 Å². The zero-order chi connectivity index (χ0) is 12.5. The van der Waals surface area contributed by atoms with E-state index in [4.69, 9.17) is 0 Å². The molecule has 2 bridgehead atoms. The average molecular weight is 249 g/mol. The molecule has 4 heterocycles. The molecule has 1 aromatic rings. The van der Waals surface area contributed by atoms with Crippen LogP contribution in [-0.4, -0.2) is 71.4 Å². The highest BCUT2D eigenvalue weighted by atomic mass is 15.4. The Bertz CT molecular complexity index is 394. The first kappa shape index (κ1) is 12.1. The van der Waals surface area contributed by atoms with E-state index in [-0.39, 0.29) is 0 Å².